The zero-order chi connectivity index (χ0) is 10.4. The van der Waals surface area contributed by atoms with E-state index in [9.17, 15) is 9.59 Å². The zero-order valence-electron chi connectivity index (χ0n) is 8.65. The van der Waals surface area contributed by atoms with Gasteiger partial charge in [0.2, 0.25) is 0 Å². The average molecular weight is 198 g/mol. The third-order valence-corrected chi connectivity index (χ3v) is 2.67. The molecule has 0 radical (unpaired) electrons. The summed E-state index contributed by atoms with van der Waals surface area (Å²) in [5, 5.41) is 0. The lowest BCUT2D eigenvalue weighted by atomic mass is 10.0. The average Bonchev–Trinajstić information content (AvgIpc) is 2.62. The Morgan fingerprint density at radius 1 is 1.36 bits per heavy atom. The number of hydrogen-bond acceptors (Lipinski definition) is 3. The fourth-order valence-corrected chi connectivity index (χ4v) is 1.89. The van der Waals surface area contributed by atoms with E-state index in [-0.39, 0.29) is 18.1 Å². The Hall–Kier alpha value is -0.700. The second-order valence-corrected chi connectivity index (χ2v) is 4.05. The van der Waals surface area contributed by atoms with Crippen LogP contribution in [-0.4, -0.2) is 24.8 Å². The van der Waals surface area contributed by atoms with E-state index in [0.29, 0.717) is 6.42 Å². The maximum atomic E-state index is 10.4. The maximum Gasteiger partial charge on any atom is 0.122 e. The van der Waals surface area contributed by atoms with Gasteiger partial charge in [0.05, 0.1) is 12.2 Å². The van der Waals surface area contributed by atoms with Gasteiger partial charge >= 0.3 is 0 Å². The van der Waals surface area contributed by atoms with E-state index < -0.39 is 0 Å². The number of carbonyl (C=O) groups excluding carboxylic acids is 2. The van der Waals surface area contributed by atoms with Crippen molar-refractivity contribution >= 4 is 12.6 Å². The molecule has 0 aromatic heterocycles. The van der Waals surface area contributed by atoms with Gasteiger partial charge in [-0.15, -0.1) is 0 Å². The fourth-order valence-electron chi connectivity index (χ4n) is 1.89. The van der Waals surface area contributed by atoms with Crippen LogP contribution < -0.4 is 0 Å². The van der Waals surface area contributed by atoms with Gasteiger partial charge in [0.25, 0.3) is 0 Å². The molecule has 1 heterocycles. The molecule has 3 unspecified atom stereocenters. The van der Waals surface area contributed by atoms with E-state index in [1.54, 1.807) is 0 Å². The number of ether oxygens (including phenoxy) is 1. The highest BCUT2D eigenvalue weighted by Crippen LogP contribution is 2.26. The first kappa shape index (κ1) is 11.4. The number of hydrogen-bond donors (Lipinski definition) is 0. The predicted octanol–water partition coefficient (Wildman–Crippen LogP) is 1.74. The Kier molecular flexibility index (Phi) is 4.80. The number of carbonyl (C=O) groups is 2. The van der Waals surface area contributed by atoms with Crippen molar-refractivity contribution < 1.29 is 14.3 Å². The summed E-state index contributed by atoms with van der Waals surface area (Å²) in [7, 11) is 0. The standard InChI is InChI=1S/C11H18O3/c1-9(8-13)7-11-5-4-10(14-11)3-2-6-12/h6,8-11H,2-5,7H2,1H3. The van der Waals surface area contributed by atoms with Gasteiger partial charge in [0, 0.05) is 12.3 Å². The highest BCUT2D eigenvalue weighted by Gasteiger charge is 2.25. The Labute approximate surface area is 84.8 Å². The molecule has 0 aromatic carbocycles. The molecular formula is C11H18O3. The summed E-state index contributed by atoms with van der Waals surface area (Å²) < 4.78 is 5.72. The molecule has 80 valence electrons. The van der Waals surface area contributed by atoms with Gasteiger partial charge in [-0.1, -0.05) is 6.92 Å². The molecule has 0 aliphatic carbocycles. The van der Waals surface area contributed by atoms with E-state index in [1.807, 2.05) is 6.92 Å². The molecule has 0 bridgehead atoms. The first-order valence-corrected chi connectivity index (χ1v) is 5.30. The molecular weight excluding hydrogens is 180 g/mol. The quantitative estimate of drug-likeness (QED) is 0.610. The summed E-state index contributed by atoms with van der Waals surface area (Å²) in [6, 6.07) is 0. The van der Waals surface area contributed by atoms with Crippen LogP contribution in [0.2, 0.25) is 0 Å². The second-order valence-electron chi connectivity index (χ2n) is 4.05. The molecule has 3 heteroatoms. The SMILES string of the molecule is CC(C=O)CC1CCC(CCC=O)O1. The van der Waals surface area contributed by atoms with Crippen LogP contribution in [-0.2, 0) is 14.3 Å². The van der Waals surface area contributed by atoms with Crippen molar-refractivity contribution in [3.05, 3.63) is 0 Å². The van der Waals surface area contributed by atoms with E-state index in [1.165, 1.54) is 0 Å². The summed E-state index contributed by atoms with van der Waals surface area (Å²) in [5.41, 5.74) is 0. The zero-order valence-corrected chi connectivity index (χ0v) is 8.65. The van der Waals surface area contributed by atoms with Crippen LogP contribution in [0.1, 0.15) is 39.0 Å². The van der Waals surface area contributed by atoms with Crippen LogP contribution in [0, 0.1) is 5.92 Å². The molecule has 1 aliphatic rings. The van der Waals surface area contributed by atoms with Crippen LogP contribution in [0.5, 0.6) is 0 Å². The third-order valence-electron chi connectivity index (χ3n) is 2.67. The third kappa shape index (κ3) is 3.58. The lowest BCUT2D eigenvalue weighted by Crippen LogP contribution is -2.14. The van der Waals surface area contributed by atoms with Gasteiger partial charge in [0.1, 0.15) is 12.6 Å². The largest absolute Gasteiger partial charge is 0.375 e. The smallest absolute Gasteiger partial charge is 0.122 e. The van der Waals surface area contributed by atoms with Crippen LogP contribution in [0.3, 0.4) is 0 Å². The van der Waals surface area contributed by atoms with E-state index in [4.69, 9.17) is 4.74 Å². The van der Waals surface area contributed by atoms with Crippen molar-refractivity contribution in [3.63, 3.8) is 0 Å². The van der Waals surface area contributed by atoms with E-state index >= 15 is 0 Å². The Morgan fingerprint density at radius 2 is 2.07 bits per heavy atom. The Balaban J connectivity index is 2.19. The highest BCUT2D eigenvalue weighted by atomic mass is 16.5. The molecule has 0 saturated carbocycles. The summed E-state index contributed by atoms with van der Waals surface area (Å²) in [5.74, 6) is 0.0878. The molecule has 1 saturated heterocycles. The van der Waals surface area contributed by atoms with E-state index in [2.05, 4.69) is 0 Å². The summed E-state index contributed by atoms with van der Waals surface area (Å²) in [6.45, 7) is 1.91. The summed E-state index contributed by atoms with van der Waals surface area (Å²) >= 11 is 0. The molecule has 1 rings (SSSR count). The maximum absolute atomic E-state index is 10.4. The van der Waals surface area contributed by atoms with Crippen LogP contribution in [0.25, 0.3) is 0 Å². The minimum Gasteiger partial charge on any atom is -0.375 e. The normalized spacial score (nSPS) is 28.6. The second kappa shape index (κ2) is 5.91. The topological polar surface area (TPSA) is 43.4 Å². The van der Waals surface area contributed by atoms with Crippen molar-refractivity contribution in [1.29, 1.82) is 0 Å². The molecule has 0 aromatic rings. The summed E-state index contributed by atoms with van der Waals surface area (Å²) in [4.78, 5) is 20.6. The van der Waals surface area contributed by atoms with Gasteiger partial charge in [-0.3, -0.25) is 0 Å². The van der Waals surface area contributed by atoms with Gasteiger partial charge < -0.3 is 14.3 Å². The van der Waals surface area contributed by atoms with Crippen molar-refractivity contribution in [2.75, 3.05) is 0 Å². The summed E-state index contributed by atoms with van der Waals surface area (Å²) in [6.07, 6.45) is 6.67. The molecule has 1 aliphatic heterocycles. The van der Waals surface area contributed by atoms with Gasteiger partial charge in [-0.2, -0.15) is 0 Å². The van der Waals surface area contributed by atoms with Crippen LogP contribution in [0.4, 0.5) is 0 Å². The van der Waals surface area contributed by atoms with Crippen LogP contribution in [0.15, 0.2) is 0 Å². The van der Waals surface area contributed by atoms with Crippen molar-refractivity contribution in [3.8, 4) is 0 Å². The minimum absolute atomic E-state index is 0.0878. The molecule has 14 heavy (non-hydrogen) atoms. The molecule has 0 spiro atoms. The monoisotopic (exact) mass is 198 g/mol. The molecule has 3 atom stereocenters. The fraction of sp³-hybridized carbons (Fsp3) is 0.818. The molecule has 3 nitrogen and oxygen atoms in total. The molecule has 0 N–H and O–H groups in total. The predicted molar refractivity (Wildman–Crippen MR) is 53.0 cm³/mol. The van der Waals surface area contributed by atoms with Crippen molar-refractivity contribution in [1.82, 2.24) is 0 Å². The molecule has 1 fully saturated rings. The van der Waals surface area contributed by atoms with Gasteiger partial charge in [0.15, 0.2) is 0 Å². The Bertz CT molecular complexity index is 191. The lowest BCUT2D eigenvalue weighted by molar-refractivity contribution is -0.111. The van der Waals surface area contributed by atoms with Gasteiger partial charge in [-0.05, 0) is 25.7 Å². The lowest BCUT2D eigenvalue weighted by Gasteiger charge is -2.13. The highest BCUT2D eigenvalue weighted by molar-refractivity contribution is 5.52. The first-order chi connectivity index (χ1) is 6.76. The minimum atomic E-state index is 0.0878. The number of aldehydes is 2. The van der Waals surface area contributed by atoms with E-state index in [0.717, 1.165) is 38.3 Å². The van der Waals surface area contributed by atoms with Crippen LogP contribution >= 0.6 is 0 Å². The Morgan fingerprint density at radius 3 is 2.71 bits per heavy atom. The first-order valence-electron chi connectivity index (χ1n) is 5.30. The number of rotatable bonds is 6. The van der Waals surface area contributed by atoms with Crippen molar-refractivity contribution in [2.45, 2.75) is 51.2 Å². The molecule has 0 amide bonds. The van der Waals surface area contributed by atoms with Crippen molar-refractivity contribution in [2.24, 2.45) is 5.92 Å². The van der Waals surface area contributed by atoms with Gasteiger partial charge in [-0.25, -0.2) is 0 Å².